The van der Waals surface area contributed by atoms with Gasteiger partial charge in [0.15, 0.2) is 5.65 Å². The summed E-state index contributed by atoms with van der Waals surface area (Å²) in [6, 6.07) is 0.329. The minimum atomic E-state index is 0.329. The maximum absolute atomic E-state index is 4.60. The lowest BCUT2D eigenvalue weighted by molar-refractivity contribution is 0.535. The largest absolute Gasteiger partial charge is 0.244 e. The highest BCUT2D eigenvalue weighted by molar-refractivity contribution is 5.77. The molecule has 2 aromatic heterocycles. The van der Waals surface area contributed by atoms with E-state index in [4.69, 9.17) is 0 Å². The standard InChI is InChI=1S/C11H16N4/c1-7(2)10-9-5-12-6-13-11(9)15(14-10)8(3)4/h5-8H,1-4H3. The Hall–Kier alpha value is -1.45. The van der Waals surface area contributed by atoms with Gasteiger partial charge in [-0.25, -0.2) is 14.6 Å². The third-order valence-electron chi connectivity index (χ3n) is 2.44. The third kappa shape index (κ3) is 1.60. The van der Waals surface area contributed by atoms with Crippen LogP contribution < -0.4 is 0 Å². The molecule has 2 aromatic rings. The first-order valence-electron chi connectivity index (χ1n) is 5.29. The first kappa shape index (κ1) is 10.1. The van der Waals surface area contributed by atoms with Crippen molar-refractivity contribution in [2.24, 2.45) is 0 Å². The Bertz CT molecular complexity index is 428. The van der Waals surface area contributed by atoms with Gasteiger partial charge in [-0.3, -0.25) is 0 Å². The predicted molar refractivity (Wildman–Crippen MR) is 59.8 cm³/mol. The van der Waals surface area contributed by atoms with Crippen molar-refractivity contribution in [3.63, 3.8) is 0 Å². The highest BCUT2D eigenvalue weighted by atomic mass is 15.3. The summed E-state index contributed by atoms with van der Waals surface area (Å²) in [6.07, 6.45) is 3.43. The first-order chi connectivity index (χ1) is 7.11. The quantitative estimate of drug-likeness (QED) is 0.755. The van der Waals surface area contributed by atoms with Crippen LogP contribution in [-0.2, 0) is 0 Å². The molecule has 4 nitrogen and oxygen atoms in total. The summed E-state index contributed by atoms with van der Waals surface area (Å²) in [7, 11) is 0. The van der Waals surface area contributed by atoms with E-state index >= 15 is 0 Å². The van der Waals surface area contributed by atoms with E-state index in [0.717, 1.165) is 16.7 Å². The van der Waals surface area contributed by atoms with Gasteiger partial charge >= 0.3 is 0 Å². The molecule has 0 bridgehead atoms. The van der Waals surface area contributed by atoms with Gasteiger partial charge in [-0.15, -0.1) is 0 Å². The number of hydrogen-bond donors (Lipinski definition) is 0. The summed E-state index contributed by atoms with van der Waals surface area (Å²) in [5, 5.41) is 5.67. The van der Waals surface area contributed by atoms with E-state index in [2.05, 4.69) is 42.8 Å². The van der Waals surface area contributed by atoms with E-state index in [0.29, 0.717) is 12.0 Å². The van der Waals surface area contributed by atoms with Crippen molar-refractivity contribution in [2.75, 3.05) is 0 Å². The predicted octanol–water partition coefficient (Wildman–Crippen LogP) is 2.53. The molecule has 2 heterocycles. The van der Waals surface area contributed by atoms with Gasteiger partial charge in [0.1, 0.15) is 6.33 Å². The van der Waals surface area contributed by atoms with Crippen LogP contribution in [0.5, 0.6) is 0 Å². The fourth-order valence-electron chi connectivity index (χ4n) is 1.69. The molecule has 0 N–H and O–H groups in total. The van der Waals surface area contributed by atoms with Crippen molar-refractivity contribution in [3.8, 4) is 0 Å². The van der Waals surface area contributed by atoms with E-state index in [1.807, 2.05) is 10.9 Å². The van der Waals surface area contributed by atoms with Crippen LogP contribution in [0.25, 0.3) is 11.0 Å². The van der Waals surface area contributed by atoms with E-state index in [1.165, 1.54) is 0 Å². The molecule has 0 unspecified atom stereocenters. The lowest BCUT2D eigenvalue weighted by atomic mass is 10.1. The van der Waals surface area contributed by atoms with Crippen molar-refractivity contribution < 1.29 is 0 Å². The normalized spacial score (nSPS) is 11.9. The van der Waals surface area contributed by atoms with Gasteiger partial charge in [0.05, 0.1) is 11.1 Å². The Morgan fingerprint density at radius 2 is 1.93 bits per heavy atom. The number of nitrogens with zero attached hydrogens (tertiary/aromatic N) is 4. The molecule has 0 saturated heterocycles. The molecule has 0 spiro atoms. The maximum Gasteiger partial charge on any atom is 0.161 e. The number of rotatable bonds is 2. The number of aromatic nitrogens is 4. The summed E-state index contributed by atoms with van der Waals surface area (Å²) < 4.78 is 1.96. The Balaban J connectivity index is 2.73. The van der Waals surface area contributed by atoms with Gasteiger partial charge in [0, 0.05) is 12.2 Å². The van der Waals surface area contributed by atoms with E-state index < -0.39 is 0 Å². The Morgan fingerprint density at radius 3 is 2.53 bits per heavy atom. The molecule has 0 aliphatic rings. The Labute approximate surface area is 89.3 Å². The third-order valence-corrected chi connectivity index (χ3v) is 2.44. The molecule has 15 heavy (non-hydrogen) atoms. The molecule has 2 rings (SSSR count). The SMILES string of the molecule is CC(C)c1nn(C(C)C)c2ncncc12. The van der Waals surface area contributed by atoms with Gasteiger partial charge in [0.25, 0.3) is 0 Å². The smallest absolute Gasteiger partial charge is 0.161 e. The van der Waals surface area contributed by atoms with E-state index in [1.54, 1.807) is 6.33 Å². The summed E-state index contributed by atoms with van der Waals surface area (Å²) in [6.45, 7) is 8.50. The minimum Gasteiger partial charge on any atom is -0.244 e. The lowest BCUT2D eigenvalue weighted by Crippen LogP contribution is -2.04. The van der Waals surface area contributed by atoms with Crippen LogP contribution in [0.2, 0.25) is 0 Å². The molecule has 0 radical (unpaired) electrons. The Kier molecular flexibility index (Phi) is 2.42. The summed E-state index contributed by atoms with van der Waals surface area (Å²) in [4.78, 5) is 8.36. The first-order valence-corrected chi connectivity index (χ1v) is 5.29. The van der Waals surface area contributed by atoms with Crippen LogP contribution in [0.1, 0.15) is 45.3 Å². The van der Waals surface area contributed by atoms with Crippen molar-refractivity contribution in [3.05, 3.63) is 18.2 Å². The molecule has 4 heteroatoms. The molecule has 0 aliphatic heterocycles. The van der Waals surface area contributed by atoms with Crippen LogP contribution in [0.4, 0.5) is 0 Å². The van der Waals surface area contributed by atoms with E-state index in [-0.39, 0.29) is 0 Å². The average molecular weight is 204 g/mol. The monoisotopic (exact) mass is 204 g/mol. The van der Waals surface area contributed by atoms with Crippen LogP contribution >= 0.6 is 0 Å². The second-order valence-electron chi connectivity index (χ2n) is 4.34. The van der Waals surface area contributed by atoms with Gasteiger partial charge in [-0.2, -0.15) is 5.10 Å². The van der Waals surface area contributed by atoms with Gasteiger partial charge in [-0.1, -0.05) is 13.8 Å². The molecule has 0 fully saturated rings. The number of fused-ring (bicyclic) bond motifs is 1. The minimum absolute atomic E-state index is 0.329. The lowest BCUT2D eigenvalue weighted by Gasteiger charge is -2.05. The van der Waals surface area contributed by atoms with Gasteiger partial charge in [0.2, 0.25) is 0 Å². The van der Waals surface area contributed by atoms with Gasteiger partial charge < -0.3 is 0 Å². The number of hydrogen-bond acceptors (Lipinski definition) is 3. The van der Waals surface area contributed by atoms with Crippen molar-refractivity contribution >= 4 is 11.0 Å². The van der Waals surface area contributed by atoms with Gasteiger partial charge in [-0.05, 0) is 19.8 Å². The molecular formula is C11H16N4. The maximum atomic E-state index is 4.60. The van der Waals surface area contributed by atoms with Crippen molar-refractivity contribution in [1.82, 2.24) is 19.7 Å². The highest BCUT2D eigenvalue weighted by Crippen LogP contribution is 2.24. The molecule has 0 aliphatic carbocycles. The molecule has 0 atom stereocenters. The molecule has 0 amide bonds. The zero-order valence-electron chi connectivity index (χ0n) is 9.60. The Morgan fingerprint density at radius 1 is 1.20 bits per heavy atom. The van der Waals surface area contributed by atoms with Crippen LogP contribution in [0.3, 0.4) is 0 Å². The van der Waals surface area contributed by atoms with Crippen LogP contribution in [-0.4, -0.2) is 19.7 Å². The van der Waals surface area contributed by atoms with Crippen molar-refractivity contribution in [1.29, 1.82) is 0 Å². The molecular weight excluding hydrogens is 188 g/mol. The molecule has 80 valence electrons. The topological polar surface area (TPSA) is 43.6 Å². The molecule has 0 aromatic carbocycles. The highest BCUT2D eigenvalue weighted by Gasteiger charge is 2.15. The van der Waals surface area contributed by atoms with E-state index in [9.17, 15) is 0 Å². The molecule has 0 saturated carbocycles. The summed E-state index contributed by atoms with van der Waals surface area (Å²) in [5.74, 6) is 0.401. The van der Waals surface area contributed by atoms with Crippen LogP contribution in [0, 0.1) is 0 Å². The van der Waals surface area contributed by atoms with Crippen molar-refractivity contribution in [2.45, 2.75) is 39.7 Å². The second-order valence-corrected chi connectivity index (χ2v) is 4.34. The summed E-state index contributed by atoms with van der Waals surface area (Å²) >= 11 is 0. The average Bonchev–Trinajstić information content (AvgIpc) is 2.56. The van der Waals surface area contributed by atoms with Crippen LogP contribution in [0.15, 0.2) is 12.5 Å². The zero-order chi connectivity index (χ0) is 11.0. The summed E-state index contributed by atoms with van der Waals surface area (Å²) in [5.41, 5.74) is 2.02. The fourth-order valence-corrected chi connectivity index (χ4v) is 1.69. The second kappa shape index (κ2) is 3.61. The fraction of sp³-hybridized carbons (Fsp3) is 0.545. The zero-order valence-corrected chi connectivity index (χ0v) is 9.60.